The molecule has 0 fully saturated rings. The van der Waals surface area contributed by atoms with Gasteiger partial charge in [-0.3, -0.25) is 9.44 Å². The zero-order chi connectivity index (χ0) is 22.3. The van der Waals surface area contributed by atoms with Gasteiger partial charge < -0.3 is 9.47 Å². The molecule has 0 atom stereocenters. The average Bonchev–Trinajstić information content (AvgIpc) is 2.75. The molecule has 0 radical (unpaired) electrons. The predicted octanol–water partition coefficient (Wildman–Crippen LogP) is 3.31. The van der Waals surface area contributed by atoms with Crippen LogP contribution in [0.25, 0.3) is 0 Å². The number of ether oxygens (including phenoxy) is 2. The zero-order valence-electron chi connectivity index (χ0n) is 16.7. The monoisotopic (exact) mass is 462 g/mol. The van der Waals surface area contributed by atoms with E-state index in [4.69, 9.17) is 9.47 Å². The van der Waals surface area contributed by atoms with Crippen molar-refractivity contribution >= 4 is 31.4 Å². The number of sulfonamides is 2. The molecular weight excluding hydrogens is 440 g/mol. The maximum absolute atomic E-state index is 12.6. The molecule has 3 aromatic rings. The van der Waals surface area contributed by atoms with Crippen LogP contribution in [0, 0.1) is 0 Å². The van der Waals surface area contributed by atoms with Crippen LogP contribution in [0.15, 0.2) is 88.7 Å². The minimum atomic E-state index is -3.85. The topological polar surface area (TPSA) is 111 Å². The van der Waals surface area contributed by atoms with E-state index in [2.05, 4.69) is 9.44 Å². The van der Waals surface area contributed by atoms with E-state index in [1.54, 1.807) is 49.6 Å². The Hall–Kier alpha value is -3.08. The molecule has 0 spiro atoms. The molecule has 0 aliphatic carbocycles. The van der Waals surface area contributed by atoms with E-state index in [-0.39, 0.29) is 15.5 Å². The number of benzene rings is 3. The van der Waals surface area contributed by atoms with Crippen molar-refractivity contribution in [1.29, 1.82) is 0 Å². The Kier molecular flexibility index (Phi) is 7.16. The minimum absolute atomic E-state index is 0.0110. The van der Waals surface area contributed by atoms with Gasteiger partial charge >= 0.3 is 0 Å². The summed E-state index contributed by atoms with van der Waals surface area (Å²) in [5.41, 5.74) is 0.668. The van der Waals surface area contributed by atoms with Crippen molar-refractivity contribution in [2.45, 2.75) is 9.79 Å². The highest BCUT2D eigenvalue weighted by Gasteiger charge is 2.17. The SMILES string of the molecule is COCCOc1ccc(S(=O)(=O)Nc2ccc(S(=O)(=O)Nc3ccccc3)cc2)cc1. The largest absolute Gasteiger partial charge is 0.491 e. The molecule has 0 aliphatic heterocycles. The predicted molar refractivity (Wildman–Crippen MR) is 118 cm³/mol. The lowest BCUT2D eigenvalue weighted by Crippen LogP contribution is -2.14. The van der Waals surface area contributed by atoms with Gasteiger partial charge in [0.2, 0.25) is 0 Å². The second kappa shape index (κ2) is 9.82. The highest BCUT2D eigenvalue weighted by atomic mass is 32.2. The summed E-state index contributed by atoms with van der Waals surface area (Å²) in [6.07, 6.45) is 0. The van der Waals surface area contributed by atoms with E-state index in [0.717, 1.165) is 0 Å². The van der Waals surface area contributed by atoms with Crippen LogP contribution in [0.3, 0.4) is 0 Å². The number of anilines is 2. The van der Waals surface area contributed by atoms with Crippen molar-refractivity contribution in [3.8, 4) is 5.75 Å². The molecule has 3 rings (SSSR count). The van der Waals surface area contributed by atoms with Gasteiger partial charge in [-0.15, -0.1) is 0 Å². The van der Waals surface area contributed by atoms with E-state index in [1.165, 1.54) is 36.4 Å². The van der Waals surface area contributed by atoms with Crippen LogP contribution in [0.4, 0.5) is 11.4 Å². The number of methoxy groups -OCH3 is 1. The first-order valence-electron chi connectivity index (χ1n) is 9.23. The molecule has 2 N–H and O–H groups in total. The zero-order valence-corrected chi connectivity index (χ0v) is 18.3. The molecule has 8 nitrogen and oxygen atoms in total. The lowest BCUT2D eigenvalue weighted by atomic mass is 10.3. The quantitative estimate of drug-likeness (QED) is 0.447. The smallest absolute Gasteiger partial charge is 0.261 e. The fourth-order valence-electron chi connectivity index (χ4n) is 2.59. The third-order valence-corrected chi connectivity index (χ3v) is 6.93. The Morgan fingerprint density at radius 1 is 0.645 bits per heavy atom. The summed E-state index contributed by atoms with van der Waals surface area (Å²) >= 11 is 0. The van der Waals surface area contributed by atoms with Crippen LogP contribution in [-0.4, -0.2) is 37.2 Å². The highest BCUT2D eigenvalue weighted by molar-refractivity contribution is 7.93. The number of hydrogen-bond donors (Lipinski definition) is 2. The molecule has 31 heavy (non-hydrogen) atoms. The van der Waals surface area contributed by atoms with Crippen LogP contribution in [0.5, 0.6) is 5.75 Å². The summed E-state index contributed by atoms with van der Waals surface area (Å²) in [4.78, 5) is 0.0610. The maximum Gasteiger partial charge on any atom is 0.261 e. The lowest BCUT2D eigenvalue weighted by molar-refractivity contribution is 0.146. The molecule has 0 heterocycles. The van der Waals surface area contributed by atoms with Crippen molar-refractivity contribution in [1.82, 2.24) is 0 Å². The van der Waals surface area contributed by atoms with Gasteiger partial charge in [0, 0.05) is 18.5 Å². The van der Waals surface area contributed by atoms with E-state index in [1.807, 2.05) is 0 Å². The van der Waals surface area contributed by atoms with Gasteiger partial charge in [-0.05, 0) is 60.7 Å². The second-order valence-electron chi connectivity index (χ2n) is 6.41. The third-order valence-electron chi connectivity index (χ3n) is 4.13. The summed E-state index contributed by atoms with van der Waals surface area (Å²) in [5.74, 6) is 0.525. The van der Waals surface area contributed by atoms with Crippen molar-refractivity contribution < 1.29 is 26.3 Å². The first-order valence-corrected chi connectivity index (χ1v) is 12.2. The van der Waals surface area contributed by atoms with Gasteiger partial charge in [-0.2, -0.15) is 0 Å². The molecular formula is C21H22N2O6S2. The van der Waals surface area contributed by atoms with Gasteiger partial charge in [-0.1, -0.05) is 18.2 Å². The van der Waals surface area contributed by atoms with Crippen LogP contribution in [0.1, 0.15) is 0 Å². The van der Waals surface area contributed by atoms with E-state index >= 15 is 0 Å². The number of rotatable bonds is 10. The van der Waals surface area contributed by atoms with Gasteiger partial charge in [0.25, 0.3) is 20.0 Å². The van der Waals surface area contributed by atoms with E-state index < -0.39 is 20.0 Å². The fourth-order valence-corrected chi connectivity index (χ4v) is 4.71. The van der Waals surface area contributed by atoms with Crippen LogP contribution in [0.2, 0.25) is 0 Å². The second-order valence-corrected chi connectivity index (χ2v) is 9.78. The van der Waals surface area contributed by atoms with Crippen LogP contribution < -0.4 is 14.2 Å². The normalized spacial score (nSPS) is 11.6. The Morgan fingerprint density at radius 3 is 1.65 bits per heavy atom. The fraction of sp³-hybridized carbons (Fsp3) is 0.143. The van der Waals surface area contributed by atoms with Crippen molar-refractivity contribution in [2.75, 3.05) is 29.8 Å². The Bertz CT molecular complexity index is 1190. The Balaban J connectivity index is 1.68. The molecule has 0 aliphatic rings. The Morgan fingerprint density at radius 2 is 1.13 bits per heavy atom. The van der Waals surface area contributed by atoms with Crippen molar-refractivity contribution in [3.05, 3.63) is 78.9 Å². The molecule has 0 saturated carbocycles. The Labute approximate surface area is 181 Å². The summed E-state index contributed by atoms with van der Waals surface area (Å²) in [5, 5.41) is 0. The molecule has 0 unspecified atom stereocenters. The van der Waals surface area contributed by atoms with Crippen LogP contribution in [-0.2, 0) is 24.8 Å². The van der Waals surface area contributed by atoms with E-state index in [9.17, 15) is 16.8 Å². The number of hydrogen-bond acceptors (Lipinski definition) is 6. The van der Waals surface area contributed by atoms with Crippen molar-refractivity contribution in [3.63, 3.8) is 0 Å². The molecule has 0 amide bonds. The molecule has 164 valence electrons. The van der Waals surface area contributed by atoms with Crippen molar-refractivity contribution in [2.24, 2.45) is 0 Å². The summed E-state index contributed by atoms with van der Waals surface area (Å²) in [6.45, 7) is 0.781. The average molecular weight is 463 g/mol. The maximum atomic E-state index is 12.6. The van der Waals surface area contributed by atoms with Gasteiger partial charge in [0.1, 0.15) is 12.4 Å². The van der Waals surface area contributed by atoms with Gasteiger partial charge in [0.15, 0.2) is 0 Å². The standard InChI is InChI=1S/C21H22N2O6S2/c1-28-15-16-29-19-9-13-21(14-10-19)31(26,27)23-18-7-11-20(12-8-18)30(24,25)22-17-5-3-2-4-6-17/h2-14,22-23H,15-16H2,1H3. The first-order chi connectivity index (χ1) is 14.8. The summed E-state index contributed by atoms with van der Waals surface area (Å²) in [6, 6.07) is 19.9. The molecule has 0 saturated heterocycles. The molecule has 0 aromatic heterocycles. The lowest BCUT2D eigenvalue weighted by Gasteiger charge is -2.11. The highest BCUT2D eigenvalue weighted by Crippen LogP contribution is 2.22. The van der Waals surface area contributed by atoms with Crippen LogP contribution >= 0.6 is 0 Å². The van der Waals surface area contributed by atoms with Gasteiger partial charge in [-0.25, -0.2) is 16.8 Å². The number of para-hydroxylation sites is 1. The number of nitrogens with one attached hydrogen (secondary N) is 2. The van der Waals surface area contributed by atoms with E-state index in [0.29, 0.717) is 24.7 Å². The molecule has 0 bridgehead atoms. The molecule has 3 aromatic carbocycles. The summed E-state index contributed by atoms with van der Waals surface area (Å²) < 4.78 is 65.3. The first kappa shape index (κ1) is 22.6. The third kappa shape index (κ3) is 6.20. The van der Waals surface area contributed by atoms with Gasteiger partial charge in [0.05, 0.1) is 16.4 Å². The summed E-state index contributed by atoms with van der Waals surface area (Å²) in [7, 11) is -6.08. The minimum Gasteiger partial charge on any atom is -0.491 e. The molecule has 10 heteroatoms.